The number of thiazole rings is 1. The topological polar surface area (TPSA) is 65.5 Å². The van der Waals surface area contributed by atoms with Crippen LogP contribution in [0.1, 0.15) is 99.6 Å². The Balaban J connectivity index is 1.44. The zero-order valence-electron chi connectivity index (χ0n) is 15.7. The van der Waals surface area contributed by atoms with Crippen molar-refractivity contribution in [1.82, 2.24) is 4.98 Å². The molecule has 4 fully saturated rings. The van der Waals surface area contributed by atoms with Gasteiger partial charge in [0, 0.05) is 5.38 Å². The first kappa shape index (κ1) is 17.7. The standard InChI is InChI=1S/C21H27NO4S/c23-17-11-14(20(25-17)7-3-1-4-8-20)16-13-27-19(22-16)15-12-18(24)26-21(15)9-5-2-6-10-21/h13-15H,1-12H2/t14-,15+/m0/s1. The summed E-state index contributed by atoms with van der Waals surface area (Å²) in [5, 5.41) is 3.13. The number of hydrogen-bond acceptors (Lipinski definition) is 6. The Morgan fingerprint density at radius 1 is 0.815 bits per heavy atom. The molecule has 0 bridgehead atoms. The van der Waals surface area contributed by atoms with E-state index >= 15 is 0 Å². The van der Waals surface area contributed by atoms with E-state index in [-0.39, 0.29) is 35.0 Å². The first-order valence-electron chi connectivity index (χ1n) is 10.5. The predicted molar refractivity (Wildman–Crippen MR) is 101 cm³/mol. The summed E-state index contributed by atoms with van der Waals surface area (Å²) in [4.78, 5) is 29.3. The molecule has 2 saturated heterocycles. The zero-order valence-corrected chi connectivity index (χ0v) is 16.5. The van der Waals surface area contributed by atoms with Crippen LogP contribution in [0.25, 0.3) is 0 Å². The van der Waals surface area contributed by atoms with E-state index in [0.717, 1.165) is 62.1 Å². The zero-order chi connectivity index (χ0) is 18.5. The molecule has 3 heterocycles. The van der Waals surface area contributed by atoms with Gasteiger partial charge in [0.1, 0.15) is 16.2 Å². The minimum atomic E-state index is -0.342. The van der Waals surface area contributed by atoms with E-state index in [1.807, 2.05) is 0 Å². The van der Waals surface area contributed by atoms with Gasteiger partial charge in [-0.3, -0.25) is 9.59 Å². The van der Waals surface area contributed by atoms with Crippen LogP contribution in [0.2, 0.25) is 0 Å². The molecule has 146 valence electrons. The average molecular weight is 390 g/mol. The summed E-state index contributed by atoms with van der Waals surface area (Å²) >= 11 is 1.64. The minimum absolute atomic E-state index is 0.0654. The average Bonchev–Trinajstić information content (AvgIpc) is 3.33. The molecule has 27 heavy (non-hydrogen) atoms. The van der Waals surface area contributed by atoms with E-state index in [1.165, 1.54) is 12.8 Å². The monoisotopic (exact) mass is 389 g/mol. The van der Waals surface area contributed by atoms with Gasteiger partial charge in [-0.15, -0.1) is 11.3 Å². The van der Waals surface area contributed by atoms with Crippen LogP contribution < -0.4 is 0 Å². The van der Waals surface area contributed by atoms with Crippen molar-refractivity contribution in [2.24, 2.45) is 0 Å². The molecule has 2 aliphatic carbocycles. The lowest BCUT2D eigenvalue weighted by Gasteiger charge is -2.36. The normalized spacial score (nSPS) is 32.0. The fraction of sp³-hybridized carbons (Fsp3) is 0.762. The lowest BCUT2D eigenvalue weighted by atomic mass is 9.74. The number of hydrogen-bond donors (Lipinski definition) is 0. The number of rotatable bonds is 2. The summed E-state index contributed by atoms with van der Waals surface area (Å²) < 4.78 is 11.7. The lowest BCUT2D eigenvalue weighted by Crippen LogP contribution is -2.37. The van der Waals surface area contributed by atoms with Crippen molar-refractivity contribution in [3.8, 4) is 0 Å². The van der Waals surface area contributed by atoms with Crippen molar-refractivity contribution in [1.29, 1.82) is 0 Å². The van der Waals surface area contributed by atoms with E-state index in [4.69, 9.17) is 14.5 Å². The van der Waals surface area contributed by atoms with Crippen LogP contribution in [0, 0.1) is 0 Å². The quantitative estimate of drug-likeness (QED) is 0.691. The molecule has 5 rings (SSSR count). The third-order valence-electron chi connectivity index (χ3n) is 7.24. The molecule has 0 amide bonds. The molecule has 0 radical (unpaired) electrons. The van der Waals surface area contributed by atoms with Crippen molar-refractivity contribution in [3.05, 3.63) is 16.1 Å². The fourth-order valence-electron chi connectivity index (χ4n) is 5.89. The molecular weight excluding hydrogens is 362 g/mol. The molecule has 0 N–H and O–H groups in total. The highest BCUT2D eigenvalue weighted by Crippen LogP contribution is 2.52. The molecule has 6 heteroatoms. The van der Waals surface area contributed by atoms with E-state index in [1.54, 1.807) is 11.3 Å². The summed E-state index contributed by atoms with van der Waals surface area (Å²) in [6.45, 7) is 0. The molecule has 2 saturated carbocycles. The second-order valence-electron chi connectivity index (χ2n) is 8.82. The Bertz CT molecular complexity index is 685. The first-order valence-corrected chi connectivity index (χ1v) is 11.4. The molecule has 0 aromatic carbocycles. The van der Waals surface area contributed by atoms with Gasteiger partial charge in [0.05, 0.1) is 30.4 Å². The number of aromatic nitrogens is 1. The van der Waals surface area contributed by atoms with E-state index in [0.29, 0.717) is 12.8 Å². The molecule has 1 aromatic heterocycles. The molecule has 1 aromatic rings. The summed E-state index contributed by atoms with van der Waals surface area (Å²) in [5.41, 5.74) is 0.313. The van der Waals surface area contributed by atoms with Crippen molar-refractivity contribution < 1.29 is 19.1 Å². The smallest absolute Gasteiger partial charge is 0.307 e. The van der Waals surface area contributed by atoms with Gasteiger partial charge in [0.25, 0.3) is 0 Å². The second kappa shape index (κ2) is 6.57. The summed E-state index contributed by atoms with van der Waals surface area (Å²) in [6, 6.07) is 0. The van der Waals surface area contributed by atoms with Crippen molar-refractivity contribution in [3.63, 3.8) is 0 Å². The molecule has 0 unspecified atom stereocenters. The van der Waals surface area contributed by atoms with Crippen LogP contribution in [0.3, 0.4) is 0 Å². The van der Waals surface area contributed by atoms with Gasteiger partial charge >= 0.3 is 11.9 Å². The summed E-state index contributed by atoms with van der Waals surface area (Å²) in [6.07, 6.45) is 11.6. The highest BCUT2D eigenvalue weighted by Gasteiger charge is 2.53. The number of carbonyl (C=O) groups is 2. The highest BCUT2D eigenvalue weighted by molar-refractivity contribution is 7.09. The van der Waals surface area contributed by atoms with Crippen LogP contribution in [-0.4, -0.2) is 28.1 Å². The van der Waals surface area contributed by atoms with Crippen LogP contribution in [-0.2, 0) is 19.1 Å². The maximum absolute atomic E-state index is 12.1. The fourth-order valence-corrected chi connectivity index (χ4v) is 6.97. The molecule has 2 spiro atoms. The van der Waals surface area contributed by atoms with Crippen LogP contribution >= 0.6 is 11.3 Å². The Morgan fingerprint density at radius 3 is 1.93 bits per heavy atom. The van der Waals surface area contributed by atoms with Gasteiger partial charge in [0.15, 0.2) is 0 Å². The summed E-state index contributed by atoms with van der Waals surface area (Å²) in [7, 11) is 0. The molecule has 5 nitrogen and oxygen atoms in total. The maximum Gasteiger partial charge on any atom is 0.307 e. The van der Waals surface area contributed by atoms with E-state index < -0.39 is 0 Å². The van der Waals surface area contributed by atoms with Crippen LogP contribution in [0.4, 0.5) is 0 Å². The van der Waals surface area contributed by atoms with Crippen molar-refractivity contribution in [2.75, 3.05) is 0 Å². The second-order valence-corrected chi connectivity index (χ2v) is 9.71. The van der Waals surface area contributed by atoms with Crippen LogP contribution in [0.15, 0.2) is 5.38 Å². The molecule has 2 atom stereocenters. The van der Waals surface area contributed by atoms with Gasteiger partial charge in [-0.05, 0) is 51.4 Å². The molecular formula is C21H27NO4S. The van der Waals surface area contributed by atoms with Crippen molar-refractivity contribution >= 4 is 23.3 Å². The number of esters is 2. The Morgan fingerprint density at radius 2 is 1.33 bits per heavy atom. The van der Waals surface area contributed by atoms with Crippen LogP contribution in [0.5, 0.6) is 0 Å². The number of carbonyl (C=O) groups excluding carboxylic acids is 2. The maximum atomic E-state index is 12.1. The van der Waals surface area contributed by atoms with Gasteiger partial charge < -0.3 is 9.47 Å². The van der Waals surface area contributed by atoms with E-state index in [9.17, 15) is 9.59 Å². The molecule has 4 aliphatic rings. The summed E-state index contributed by atoms with van der Waals surface area (Å²) in [5.74, 6) is -0.0265. The Labute approximate surface area is 163 Å². The first-order chi connectivity index (χ1) is 13.1. The lowest BCUT2D eigenvalue weighted by molar-refractivity contribution is -0.152. The van der Waals surface area contributed by atoms with Gasteiger partial charge in [-0.2, -0.15) is 0 Å². The molecule has 2 aliphatic heterocycles. The largest absolute Gasteiger partial charge is 0.458 e. The third kappa shape index (κ3) is 2.91. The predicted octanol–water partition coefficient (Wildman–Crippen LogP) is 4.61. The Hall–Kier alpha value is -1.43. The number of ether oxygens (including phenoxy) is 2. The number of nitrogens with zero attached hydrogens (tertiary/aromatic N) is 1. The highest BCUT2D eigenvalue weighted by atomic mass is 32.1. The minimum Gasteiger partial charge on any atom is -0.458 e. The van der Waals surface area contributed by atoms with Gasteiger partial charge in [-0.25, -0.2) is 4.98 Å². The Kier molecular flexibility index (Phi) is 4.30. The van der Waals surface area contributed by atoms with E-state index in [2.05, 4.69) is 5.38 Å². The SMILES string of the molecule is O=C1C[C@H](c2nc([C@@H]3CC(=O)OC34CCCCC4)cs2)C2(CCCCC2)O1. The third-order valence-corrected chi connectivity index (χ3v) is 8.22. The van der Waals surface area contributed by atoms with Gasteiger partial charge in [0.2, 0.25) is 0 Å². The van der Waals surface area contributed by atoms with Gasteiger partial charge in [-0.1, -0.05) is 12.8 Å². The van der Waals surface area contributed by atoms with Crippen molar-refractivity contribution in [2.45, 2.75) is 100 Å².